The highest BCUT2D eigenvalue weighted by molar-refractivity contribution is 7.89. The van der Waals surface area contributed by atoms with Crippen molar-refractivity contribution in [3.8, 4) is 0 Å². The van der Waals surface area contributed by atoms with Gasteiger partial charge >= 0.3 is 0 Å². The molecule has 0 radical (unpaired) electrons. The molecular formula is C34H37N3O4S. The Morgan fingerprint density at radius 2 is 1.67 bits per heavy atom. The number of nitrogens with zero attached hydrogens (tertiary/aromatic N) is 2. The standard InChI is InChI=1S/C34H37N3O4S/c1-26-15-17-30(18-16-26)42(39,40)37-25-34(41-23-29(37)21-27-9-3-2-4-10-27)19-8-20-36(24-34)22-33(38)35-32-14-7-12-28-11-5-6-13-31(28)32/h2-7,9-18,29H,8,19-25H2,1H3,(H,35,38)/t29-,34?/m0/s1. The number of sulfonamides is 1. The summed E-state index contributed by atoms with van der Waals surface area (Å²) in [6, 6.07) is 30.6. The van der Waals surface area contributed by atoms with Gasteiger partial charge in [0.2, 0.25) is 15.9 Å². The van der Waals surface area contributed by atoms with Gasteiger partial charge < -0.3 is 10.1 Å². The van der Waals surface area contributed by atoms with Crippen LogP contribution in [0.15, 0.2) is 102 Å². The molecule has 1 spiro atoms. The average molecular weight is 584 g/mol. The minimum atomic E-state index is -3.77. The highest BCUT2D eigenvalue weighted by Gasteiger charge is 2.47. The van der Waals surface area contributed by atoms with E-state index in [1.165, 1.54) is 0 Å². The van der Waals surface area contributed by atoms with Crippen molar-refractivity contribution in [1.82, 2.24) is 9.21 Å². The summed E-state index contributed by atoms with van der Waals surface area (Å²) >= 11 is 0. The number of amides is 1. The lowest BCUT2D eigenvalue weighted by Gasteiger charge is -2.50. The van der Waals surface area contributed by atoms with E-state index in [-0.39, 0.29) is 25.0 Å². The van der Waals surface area contributed by atoms with Crippen LogP contribution in [0.25, 0.3) is 10.8 Å². The zero-order chi connectivity index (χ0) is 29.2. The third-order valence-electron chi connectivity index (χ3n) is 8.42. The number of benzene rings is 4. The molecule has 4 aromatic carbocycles. The second-order valence-electron chi connectivity index (χ2n) is 11.6. The summed E-state index contributed by atoms with van der Waals surface area (Å²) in [4.78, 5) is 15.6. The molecule has 8 heteroatoms. The fourth-order valence-corrected chi connectivity index (χ4v) is 7.97. The van der Waals surface area contributed by atoms with E-state index in [4.69, 9.17) is 4.74 Å². The van der Waals surface area contributed by atoms with Crippen molar-refractivity contribution < 1.29 is 17.9 Å². The molecule has 1 N–H and O–H groups in total. The first-order chi connectivity index (χ1) is 20.3. The van der Waals surface area contributed by atoms with Crippen LogP contribution < -0.4 is 5.32 Å². The summed E-state index contributed by atoms with van der Waals surface area (Å²) in [6.07, 6.45) is 2.13. The van der Waals surface area contributed by atoms with Gasteiger partial charge in [-0.05, 0) is 61.9 Å². The molecule has 1 unspecified atom stereocenters. The van der Waals surface area contributed by atoms with Crippen molar-refractivity contribution in [2.45, 2.75) is 42.7 Å². The van der Waals surface area contributed by atoms with E-state index >= 15 is 0 Å². The van der Waals surface area contributed by atoms with Gasteiger partial charge in [0.05, 0.1) is 29.7 Å². The fraction of sp³-hybridized carbons (Fsp3) is 0.324. The average Bonchev–Trinajstić information content (AvgIpc) is 2.99. The molecule has 218 valence electrons. The zero-order valence-electron chi connectivity index (χ0n) is 23.9. The predicted octanol–water partition coefficient (Wildman–Crippen LogP) is 5.25. The van der Waals surface area contributed by atoms with Crippen LogP contribution in [0.5, 0.6) is 0 Å². The van der Waals surface area contributed by atoms with Crippen LogP contribution in [-0.4, -0.2) is 68.0 Å². The van der Waals surface area contributed by atoms with Crippen molar-refractivity contribution in [3.05, 3.63) is 108 Å². The van der Waals surface area contributed by atoms with E-state index in [0.29, 0.717) is 24.5 Å². The lowest BCUT2D eigenvalue weighted by molar-refractivity contribution is -0.144. The van der Waals surface area contributed by atoms with E-state index in [9.17, 15) is 13.2 Å². The Bertz CT molecular complexity index is 1650. The quantitative estimate of drug-likeness (QED) is 0.321. The topological polar surface area (TPSA) is 79.0 Å². The molecule has 42 heavy (non-hydrogen) atoms. The second-order valence-corrected chi connectivity index (χ2v) is 13.5. The van der Waals surface area contributed by atoms with Crippen LogP contribution in [0.2, 0.25) is 0 Å². The summed E-state index contributed by atoms with van der Waals surface area (Å²) in [7, 11) is -3.77. The smallest absolute Gasteiger partial charge is 0.243 e. The van der Waals surface area contributed by atoms with Crippen LogP contribution in [-0.2, 0) is 26.0 Å². The normalized spacial score (nSPS) is 21.9. The SMILES string of the molecule is Cc1ccc(S(=O)(=O)N2CC3(CCCN(CC(=O)Nc4cccc5ccccc45)C3)OC[C@@H]2Cc2ccccc2)cc1. The lowest BCUT2D eigenvalue weighted by atomic mass is 9.90. The minimum absolute atomic E-state index is 0.0923. The number of piperidine rings is 1. The number of ether oxygens (including phenoxy) is 1. The number of hydrogen-bond acceptors (Lipinski definition) is 5. The highest BCUT2D eigenvalue weighted by atomic mass is 32.2. The van der Waals surface area contributed by atoms with Crippen molar-refractivity contribution in [3.63, 3.8) is 0 Å². The Balaban J connectivity index is 1.20. The van der Waals surface area contributed by atoms with Crippen LogP contribution in [0, 0.1) is 6.92 Å². The van der Waals surface area contributed by atoms with Gasteiger partial charge in [0, 0.05) is 24.2 Å². The summed E-state index contributed by atoms with van der Waals surface area (Å²) in [6.45, 7) is 3.97. The van der Waals surface area contributed by atoms with Gasteiger partial charge in [-0.3, -0.25) is 9.69 Å². The number of fused-ring (bicyclic) bond motifs is 1. The lowest BCUT2D eigenvalue weighted by Crippen LogP contribution is -2.64. The number of nitrogens with one attached hydrogen (secondary N) is 1. The number of hydrogen-bond donors (Lipinski definition) is 1. The molecule has 4 aromatic rings. The number of carbonyl (C=O) groups excluding carboxylic acids is 1. The number of morpholine rings is 1. The molecule has 0 aromatic heterocycles. The zero-order valence-corrected chi connectivity index (χ0v) is 24.7. The summed E-state index contributed by atoms with van der Waals surface area (Å²) in [5.41, 5.74) is 2.19. The van der Waals surface area contributed by atoms with E-state index in [2.05, 4.69) is 10.2 Å². The number of aryl methyl sites for hydroxylation is 1. The summed E-state index contributed by atoms with van der Waals surface area (Å²) < 4.78 is 36.4. The largest absolute Gasteiger partial charge is 0.371 e. The molecule has 2 atom stereocenters. The number of anilines is 1. The fourth-order valence-electron chi connectivity index (χ4n) is 6.29. The molecule has 2 heterocycles. The molecule has 7 nitrogen and oxygen atoms in total. The molecule has 6 rings (SSSR count). The van der Waals surface area contributed by atoms with Crippen LogP contribution >= 0.6 is 0 Å². The number of carbonyl (C=O) groups is 1. The first-order valence-electron chi connectivity index (χ1n) is 14.6. The molecule has 1 amide bonds. The molecule has 2 aliphatic rings. The van der Waals surface area contributed by atoms with Crippen molar-refractivity contribution in [1.29, 1.82) is 0 Å². The monoisotopic (exact) mass is 583 g/mol. The summed E-state index contributed by atoms with van der Waals surface area (Å²) in [5, 5.41) is 5.16. The minimum Gasteiger partial charge on any atom is -0.371 e. The third kappa shape index (κ3) is 6.13. The number of rotatable bonds is 7. The second kappa shape index (κ2) is 12.0. The van der Waals surface area contributed by atoms with Crippen LogP contribution in [0.4, 0.5) is 5.69 Å². The molecule has 0 aliphatic carbocycles. The Labute approximate surface area is 248 Å². The van der Waals surface area contributed by atoms with Gasteiger partial charge in [-0.15, -0.1) is 0 Å². The van der Waals surface area contributed by atoms with E-state index < -0.39 is 15.6 Å². The maximum absolute atomic E-state index is 14.1. The molecule has 2 aliphatic heterocycles. The van der Waals surface area contributed by atoms with Gasteiger partial charge in [-0.2, -0.15) is 4.31 Å². The Hall–Kier alpha value is -3.56. The summed E-state index contributed by atoms with van der Waals surface area (Å²) in [5.74, 6) is -0.0923. The van der Waals surface area contributed by atoms with Crippen LogP contribution in [0.3, 0.4) is 0 Å². The maximum atomic E-state index is 14.1. The van der Waals surface area contributed by atoms with Crippen molar-refractivity contribution in [2.24, 2.45) is 0 Å². The first-order valence-corrected chi connectivity index (χ1v) is 16.0. The Kier molecular flexibility index (Phi) is 8.14. The number of likely N-dealkylation sites (tertiary alicyclic amines) is 1. The Morgan fingerprint density at radius 1 is 0.929 bits per heavy atom. The van der Waals surface area contributed by atoms with Gasteiger partial charge in [0.25, 0.3) is 0 Å². The van der Waals surface area contributed by atoms with Gasteiger partial charge in [0.1, 0.15) is 0 Å². The highest BCUT2D eigenvalue weighted by Crippen LogP contribution is 2.35. The van der Waals surface area contributed by atoms with Gasteiger partial charge in [-0.1, -0.05) is 84.4 Å². The molecule has 2 saturated heterocycles. The van der Waals surface area contributed by atoms with Gasteiger partial charge in [-0.25, -0.2) is 8.42 Å². The Morgan fingerprint density at radius 3 is 2.48 bits per heavy atom. The van der Waals surface area contributed by atoms with E-state index in [0.717, 1.165) is 47.0 Å². The molecule has 0 saturated carbocycles. The molecule has 2 fully saturated rings. The van der Waals surface area contributed by atoms with Crippen molar-refractivity contribution >= 4 is 32.4 Å². The maximum Gasteiger partial charge on any atom is 0.243 e. The third-order valence-corrected chi connectivity index (χ3v) is 10.3. The molecular weight excluding hydrogens is 546 g/mol. The van der Waals surface area contributed by atoms with Crippen LogP contribution in [0.1, 0.15) is 24.0 Å². The first kappa shape index (κ1) is 28.6. The molecule has 0 bridgehead atoms. The predicted molar refractivity (Wildman–Crippen MR) is 166 cm³/mol. The van der Waals surface area contributed by atoms with E-state index in [1.807, 2.05) is 91.9 Å². The van der Waals surface area contributed by atoms with E-state index in [1.54, 1.807) is 16.4 Å². The van der Waals surface area contributed by atoms with Gasteiger partial charge in [0.15, 0.2) is 0 Å². The van der Waals surface area contributed by atoms with Crippen molar-refractivity contribution in [2.75, 3.05) is 38.1 Å².